The van der Waals surface area contributed by atoms with Crippen molar-refractivity contribution in [3.63, 3.8) is 0 Å². The summed E-state index contributed by atoms with van der Waals surface area (Å²) in [5.41, 5.74) is 6.39. The van der Waals surface area contributed by atoms with Crippen LogP contribution in [0.3, 0.4) is 0 Å². The van der Waals surface area contributed by atoms with Gasteiger partial charge in [-0.2, -0.15) is 5.10 Å². The number of fused-ring (bicyclic) bond motifs is 1. The molecule has 0 saturated heterocycles. The quantitative estimate of drug-likeness (QED) is 0.845. The van der Waals surface area contributed by atoms with Crippen LogP contribution in [0.1, 0.15) is 6.92 Å². The van der Waals surface area contributed by atoms with E-state index in [0.29, 0.717) is 23.8 Å². The van der Waals surface area contributed by atoms with Crippen molar-refractivity contribution in [1.82, 2.24) is 19.7 Å². The first-order valence-electron chi connectivity index (χ1n) is 4.74. The van der Waals surface area contributed by atoms with Crippen molar-refractivity contribution in [2.75, 3.05) is 11.5 Å². The Bertz CT molecular complexity index is 524. The fourth-order valence-electron chi connectivity index (χ4n) is 1.35. The molecule has 2 rings (SSSR count). The average Bonchev–Trinajstić information content (AvgIpc) is 2.63. The maximum atomic E-state index is 10.8. The second-order valence-electron chi connectivity index (χ2n) is 3.20. The first-order valence-corrected chi connectivity index (χ1v) is 5.72. The Balaban J connectivity index is 2.19. The normalized spacial score (nSPS) is 10.8. The highest BCUT2D eigenvalue weighted by Crippen LogP contribution is 2.15. The maximum Gasteiger partial charge on any atom is 0.185 e. The second-order valence-corrected chi connectivity index (χ2v) is 4.48. The molecule has 0 atom stereocenters. The minimum Gasteiger partial charge on any atom is -0.383 e. The van der Waals surface area contributed by atoms with Gasteiger partial charge in [0, 0.05) is 12.7 Å². The summed E-state index contributed by atoms with van der Waals surface area (Å²) < 4.78 is 1.73. The maximum absolute atomic E-state index is 10.8. The van der Waals surface area contributed by atoms with Gasteiger partial charge < -0.3 is 5.73 Å². The van der Waals surface area contributed by atoms with Crippen molar-refractivity contribution in [2.24, 2.45) is 0 Å². The van der Waals surface area contributed by atoms with Crippen LogP contribution < -0.4 is 5.73 Å². The van der Waals surface area contributed by atoms with Gasteiger partial charge in [-0.05, 0) is 0 Å². The average molecular weight is 237 g/mol. The van der Waals surface area contributed by atoms with E-state index < -0.39 is 0 Å². The highest BCUT2D eigenvalue weighted by atomic mass is 32.2. The summed E-state index contributed by atoms with van der Waals surface area (Å²) in [6.45, 7) is 2.18. The summed E-state index contributed by atoms with van der Waals surface area (Å²) in [5, 5.41) is 5.01. The Morgan fingerprint density at radius 2 is 2.38 bits per heavy atom. The molecule has 0 unspecified atom stereocenters. The molecule has 16 heavy (non-hydrogen) atoms. The molecule has 2 aromatic rings. The van der Waals surface area contributed by atoms with Crippen LogP contribution in [0.15, 0.2) is 12.5 Å². The van der Waals surface area contributed by atoms with Crippen LogP contribution in [-0.4, -0.2) is 30.6 Å². The number of nitrogens with two attached hydrogens (primary N) is 1. The molecular formula is C9H11N5OS. The molecule has 0 saturated carbocycles. The highest BCUT2D eigenvalue weighted by molar-refractivity contribution is 8.13. The van der Waals surface area contributed by atoms with Gasteiger partial charge in [-0.25, -0.2) is 14.6 Å². The lowest BCUT2D eigenvalue weighted by Crippen LogP contribution is -2.04. The van der Waals surface area contributed by atoms with Crippen LogP contribution in [0.5, 0.6) is 0 Å². The molecule has 0 aliphatic rings. The number of carbonyl (C=O) groups is 1. The number of carbonyl (C=O) groups excluding carboxylic acids is 1. The summed E-state index contributed by atoms with van der Waals surface area (Å²) in [5.74, 6) is 1.10. The monoisotopic (exact) mass is 237 g/mol. The summed E-state index contributed by atoms with van der Waals surface area (Å²) in [6, 6.07) is 0. The number of nitrogen functional groups attached to an aromatic ring is 1. The summed E-state index contributed by atoms with van der Waals surface area (Å²) in [4.78, 5) is 18.8. The fourth-order valence-corrected chi connectivity index (χ4v) is 1.90. The first kappa shape index (κ1) is 10.9. The van der Waals surface area contributed by atoms with Crippen molar-refractivity contribution in [1.29, 1.82) is 0 Å². The molecule has 0 aliphatic heterocycles. The number of aromatic nitrogens is 4. The summed E-state index contributed by atoms with van der Waals surface area (Å²) in [6.07, 6.45) is 3.05. The van der Waals surface area contributed by atoms with E-state index in [1.165, 1.54) is 18.1 Å². The van der Waals surface area contributed by atoms with Gasteiger partial charge in [0.15, 0.2) is 10.8 Å². The molecule has 2 aromatic heterocycles. The van der Waals surface area contributed by atoms with E-state index in [2.05, 4.69) is 15.1 Å². The first-order chi connectivity index (χ1) is 7.68. The topological polar surface area (TPSA) is 86.7 Å². The standard InChI is InChI=1S/C9H11N5OS/c1-6(15)16-3-2-14-9-7(4-13-14)8(10)11-5-12-9/h4-5H,2-3H2,1H3,(H2,10,11,12). The zero-order chi connectivity index (χ0) is 11.5. The predicted molar refractivity (Wildman–Crippen MR) is 62.9 cm³/mol. The van der Waals surface area contributed by atoms with Gasteiger partial charge in [0.1, 0.15) is 12.1 Å². The van der Waals surface area contributed by atoms with E-state index in [0.717, 1.165) is 5.39 Å². The molecule has 0 bridgehead atoms. The van der Waals surface area contributed by atoms with Crippen molar-refractivity contribution >= 4 is 33.7 Å². The lowest BCUT2D eigenvalue weighted by molar-refractivity contribution is -0.109. The van der Waals surface area contributed by atoms with Crippen molar-refractivity contribution < 1.29 is 4.79 Å². The molecule has 0 aliphatic carbocycles. The zero-order valence-corrected chi connectivity index (χ0v) is 9.57. The number of rotatable bonds is 3. The minimum atomic E-state index is 0.102. The predicted octanol–water partition coefficient (Wildman–Crippen LogP) is 0.688. The molecule has 0 radical (unpaired) electrons. The Morgan fingerprint density at radius 3 is 3.12 bits per heavy atom. The second kappa shape index (κ2) is 4.48. The van der Waals surface area contributed by atoms with Crippen LogP contribution >= 0.6 is 11.8 Å². The molecule has 2 N–H and O–H groups in total. The lowest BCUT2D eigenvalue weighted by atomic mass is 10.4. The van der Waals surface area contributed by atoms with E-state index in [9.17, 15) is 4.79 Å². The number of nitrogens with zero attached hydrogens (tertiary/aromatic N) is 4. The van der Waals surface area contributed by atoms with Gasteiger partial charge in [-0.1, -0.05) is 11.8 Å². The molecule has 2 heterocycles. The summed E-state index contributed by atoms with van der Waals surface area (Å²) >= 11 is 1.27. The van der Waals surface area contributed by atoms with E-state index >= 15 is 0 Å². The van der Waals surface area contributed by atoms with Crippen molar-refractivity contribution in [2.45, 2.75) is 13.5 Å². The Labute approximate surface area is 96.2 Å². The zero-order valence-electron chi connectivity index (χ0n) is 8.75. The van der Waals surface area contributed by atoms with Crippen molar-refractivity contribution in [3.8, 4) is 0 Å². The van der Waals surface area contributed by atoms with Gasteiger partial charge in [0.05, 0.1) is 18.1 Å². The lowest BCUT2D eigenvalue weighted by Gasteiger charge is -2.01. The molecule has 0 fully saturated rings. The highest BCUT2D eigenvalue weighted by Gasteiger charge is 2.07. The Morgan fingerprint density at radius 1 is 1.56 bits per heavy atom. The third kappa shape index (κ3) is 2.13. The van der Waals surface area contributed by atoms with Gasteiger partial charge in [0.2, 0.25) is 0 Å². The molecule has 0 spiro atoms. The van der Waals surface area contributed by atoms with E-state index in [1.807, 2.05) is 0 Å². The number of hydrogen-bond donors (Lipinski definition) is 1. The Hall–Kier alpha value is -1.63. The number of thioether (sulfide) groups is 1. The molecule has 6 nitrogen and oxygen atoms in total. The van der Waals surface area contributed by atoms with E-state index in [4.69, 9.17) is 5.73 Å². The van der Waals surface area contributed by atoms with Crippen LogP contribution in [-0.2, 0) is 11.3 Å². The van der Waals surface area contributed by atoms with Crippen molar-refractivity contribution in [3.05, 3.63) is 12.5 Å². The minimum absolute atomic E-state index is 0.102. The van der Waals surface area contributed by atoms with Gasteiger partial charge in [-0.3, -0.25) is 4.79 Å². The van der Waals surface area contributed by atoms with Gasteiger partial charge in [-0.15, -0.1) is 0 Å². The van der Waals surface area contributed by atoms with Gasteiger partial charge in [0.25, 0.3) is 0 Å². The van der Waals surface area contributed by atoms with Crippen LogP contribution in [0.4, 0.5) is 5.82 Å². The largest absolute Gasteiger partial charge is 0.383 e. The molecule has 84 valence electrons. The molecule has 0 amide bonds. The molecule has 0 aromatic carbocycles. The third-order valence-electron chi connectivity index (χ3n) is 2.07. The SMILES string of the molecule is CC(=O)SCCn1ncc2c(N)ncnc21. The van der Waals surface area contributed by atoms with Crippen LogP contribution in [0, 0.1) is 0 Å². The number of anilines is 1. The molecular weight excluding hydrogens is 226 g/mol. The van der Waals surface area contributed by atoms with Gasteiger partial charge >= 0.3 is 0 Å². The third-order valence-corrected chi connectivity index (χ3v) is 2.87. The van der Waals surface area contributed by atoms with Crippen LogP contribution in [0.2, 0.25) is 0 Å². The number of hydrogen-bond acceptors (Lipinski definition) is 6. The number of aryl methyl sites for hydroxylation is 1. The van der Waals surface area contributed by atoms with E-state index in [1.54, 1.807) is 17.8 Å². The molecule has 7 heteroatoms. The Kier molecular flexibility index (Phi) is 3.04. The van der Waals surface area contributed by atoms with E-state index in [-0.39, 0.29) is 5.12 Å². The summed E-state index contributed by atoms with van der Waals surface area (Å²) in [7, 11) is 0. The fraction of sp³-hybridized carbons (Fsp3) is 0.333. The van der Waals surface area contributed by atoms with Crippen LogP contribution in [0.25, 0.3) is 11.0 Å². The smallest absolute Gasteiger partial charge is 0.185 e.